The van der Waals surface area contributed by atoms with E-state index in [0.717, 1.165) is 27.9 Å². The van der Waals surface area contributed by atoms with Crippen LogP contribution in [0.25, 0.3) is 10.9 Å². The average Bonchev–Trinajstić information content (AvgIpc) is 3.12. The molecule has 3 amide bonds. The predicted octanol–water partition coefficient (Wildman–Crippen LogP) is 7.37. The van der Waals surface area contributed by atoms with Crippen molar-refractivity contribution in [1.29, 1.82) is 5.26 Å². The number of carbonyl (C=O) groups is 2. The zero-order valence-corrected chi connectivity index (χ0v) is 23.1. The first-order chi connectivity index (χ1) is 18.8. The summed E-state index contributed by atoms with van der Waals surface area (Å²) in [6.07, 6.45) is 1.78. The van der Waals surface area contributed by atoms with Crippen molar-refractivity contribution in [3.05, 3.63) is 106 Å². The van der Waals surface area contributed by atoms with Crippen LogP contribution in [-0.4, -0.2) is 28.9 Å². The lowest BCUT2D eigenvalue weighted by Gasteiger charge is -2.36. The highest BCUT2D eigenvalue weighted by molar-refractivity contribution is 6.35. The molecule has 1 aromatic heterocycles. The van der Waals surface area contributed by atoms with Gasteiger partial charge in [-0.15, -0.1) is 0 Å². The fourth-order valence-electron chi connectivity index (χ4n) is 5.40. The maximum absolute atomic E-state index is 14.4. The van der Waals surface area contributed by atoms with Crippen molar-refractivity contribution in [3.8, 4) is 6.07 Å². The smallest absolute Gasteiger partial charge is 0.308 e. The Hall–Kier alpha value is -3.92. The average molecular weight is 557 g/mol. The first kappa shape index (κ1) is 26.7. The normalized spacial score (nSPS) is 18.0. The molecule has 0 aliphatic carbocycles. The summed E-state index contributed by atoms with van der Waals surface area (Å²) in [5.74, 6) is -0.362. The van der Waals surface area contributed by atoms with Crippen LogP contribution in [0.3, 0.4) is 0 Å². The zero-order valence-electron chi connectivity index (χ0n) is 21.6. The quantitative estimate of drug-likeness (QED) is 0.223. The summed E-state index contributed by atoms with van der Waals surface area (Å²) >= 11 is 12.5. The number of pyridine rings is 1. The molecule has 8 heteroatoms. The van der Waals surface area contributed by atoms with Gasteiger partial charge >= 0.3 is 6.03 Å². The van der Waals surface area contributed by atoms with E-state index in [1.54, 1.807) is 49.5 Å². The lowest BCUT2D eigenvalue weighted by molar-refractivity contribution is -0.126. The fourth-order valence-corrected chi connectivity index (χ4v) is 5.92. The number of halogens is 2. The van der Waals surface area contributed by atoms with Crippen LogP contribution in [0.1, 0.15) is 36.6 Å². The molecule has 3 aromatic carbocycles. The molecule has 4 aromatic rings. The van der Waals surface area contributed by atoms with Gasteiger partial charge in [0.15, 0.2) is 0 Å². The number of anilines is 1. The third-order valence-electron chi connectivity index (χ3n) is 7.52. The van der Waals surface area contributed by atoms with Gasteiger partial charge in [0.2, 0.25) is 0 Å². The number of carbonyl (C=O) groups excluding carboxylic acids is 2. The Bertz CT molecular complexity index is 1600. The number of fused-ring (bicyclic) bond motifs is 1. The summed E-state index contributed by atoms with van der Waals surface area (Å²) in [5, 5.41) is 11.1. The summed E-state index contributed by atoms with van der Waals surface area (Å²) in [5.41, 5.74) is 1.97. The van der Waals surface area contributed by atoms with Gasteiger partial charge in [-0.05, 0) is 66.8 Å². The molecule has 1 aliphatic heterocycles. The van der Waals surface area contributed by atoms with Crippen LogP contribution in [0.5, 0.6) is 0 Å². The molecule has 5 rings (SSSR count). The van der Waals surface area contributed by atoms with Gasteiger partial charge in [0.1, 0.15) is 5.54 Å². The molecule has 0 saturated carbocycles. The Morgan fingerprint density at radius 3 is 2.33 bits per heavy atom. The highest BCUT2D eigenvalue weighted by Gasteiger charge is 2.57. The van der Waals surface area contributed by atoms with Gasteiger partial charge in [0, 0.05) is 28.2 Å². The molecule has 1 saturated heterocycles. The second kappa shape index (κ2) is 10.7. The summed E-state index contributed by atoms with van der Waals surface area (Å²) in [6.45, 7) is 2.08. The third-order valence-corrected chi connectivity index (χ3v) is 7.96. The molecular formula is C31H26Cl2N4O2. The number of amides is 3. The number of nitriles is 1. The van der Waals surface area contributed by atoms with Crippen molar-refractivity contribution in [1.82, 2.24) is 9.88 Å². The van der Waals surface area contributed by atoms with E-state index in [9.17, 15) is 14.9 Å². The molecule has 1 fully saturated rings. The van der Waals surface area contributed by atoms with Crippen molar-refractivity contribution >= 4 is 51.7 Å². The monoisotopic (exact) mass is 556 g/mol. The summed E-state index contributed by atoms with van der Waals surface area (Å²) in [7, 11) is 1.64. The van der Waals surface area contributed by atoms with Gasteiger partial charge < -0.3 is 4.90 Å². The van der Waals surface area contributed by atoms with Crippen LogP contribution < -0.4 is 4.90 Å². The van der Waals surface area contributed by atoms with Gasteiger partial charge in [0.25, 0.3) is 5.91 Å². The molecule has 0 spiro atoms. The number of aromatic nitrogens is 1. The van der Waals surface area contributed by atoms with Gasteiger partial charge in [-0.25, -0.2) is 9.69 Å². The molecule has 2 heterocycles. The molecule has 0 bridgehead atoms. The molecule has 39 heavy (non-hydrogen) atoms. The largest absolute Gasteiger partial charge is 0.332 e. The number of para-hydroxylation sites is 1. The number of urea groups is 1. The molecule has 6 nitrogen and oxygen atoms in total. The van der Waals surface area contributed by atoms with Gasteiger partial charge in [-0.1, -0.05) is 72.9 Å². The van der Waals surface area contributed by atoms with Crippen molar-refractivity contribution in [2.24, 2.45) is 5.92 Å². The maximum Gasteiger partial charge on any atom is 0.332 e. The number of benzene rings is 3. The van der Waals surface area contributed by atoms with E-state index in [0.29, 0.717) is 39.7 Å². The molecular weight excluding hydrogens is 531 g/mol. The summed E-state index contributed by atoms with van der Waals surface area (Å²) in [6, 6.07) is 25.2. The second-order valence-electron chi connectivity index (χ2n) is 9.84. The fraction of sp³-hybridized carbons (Fsp3) is 0.226. The van der Waals surface area contributed by atoms with Crippen LogP contribution in [0.15, 0.2) is 78.9 Å². The third kappa shape index (κ3) is 4.85. The Morgan fingerprint density at radius 1 is 0.974 bits per heavy atom. The van der Waals surface area contributed by atoms with E-state index in [4.69, 9.17) is 28.2 Å². The van der Waals surface area contributed by atoms with E-state index in [1.165, 1.54) is 4.90 Å². The number of hydrogen-bond donors (Lipinski definition) is 0. The van der Waals surface area contributed by atoms with Crippen LogP contribution in [-0.2, 0) is 16.8 Å². The lowest BCUT2D eigenvalue weighted by Crippen LogP contribution is -2.46. The Kier molecular flexibility index (Phi) is 7.31. The highest BCUT2D eigenvalue weighted by Crippen LogP contribution is 2.45. The van der Waals surface area contributed by atoms with Gasteiger partial charge in [0.05, 0.1) is 22.8 Å². The first-order valence-corrected chi connectivity index (χ1v) is 13.5. The van der Waals surface area contributed by atoms with Crippen LogP contribution in [0.2, 0.25) is 10.0 Å². The highest BCUT2D eigenvalue weighted by atomic mass is 35.5. The SMILES string of the molecule is CCC(Cc1ccc2ccccc2n1)C[C@@]1(c2ccc(C#N)cc2)C(=O)N(c2cc(Cl)cc(Cl)c2)C(=O)N1C. The first-order valence-electron chi connectivity index (χ1n) is 12.7. The predicted molar refractivity (Wildman–Crippen MR) is 154 cm³/mol. The number of imide groups is 1. The van der Waals surface area contributed by atoms with Crippen molar-refractivity contribution in [3.63, 3.8) is 0 Å². The minimum atomic E-state index is -1.29. The molecule has 0 N–H and O–H groups in total. The van der Waals surface area contributed by atoms with Gasteiger partial charge in [-0.2, -0.15) is 5.26 Å². The van der Waals surface area contributed by atoms with Gasteiger partial charge in [-0.3, -0.25) is 9.78 Å². The number of rotatable bonds is 7. The van der Waals surface area contributed by atoms with Crippen molar-refractivity contribution in [2.75, 3.05) is 11.9 Å². The van der Waals surface area contributed by atoms with E-state index < -0.39 is 11.6 Å². The minimum absolute atomic E-state index is 0.0244. The molecule has 196 valence electrons. The number of likely N-dealkylation sites (N-methyl/N-ethyl adjacent to an activating group) is 1. The molecule has 1 unspecified atom stereocenters. The van der Waals surface area contributed by atoms with E-state index in [2.05, 4.69) is 19.1 Å². The summed E-state index contributed by atoms with van der Waals surface area (Å²) in [4.78, 5) is 35.6. The number of hydrogen-bond acceptors (Lipinski definition) is 4. The molecule has 1 aliphatic rings. The molecule has 2 atom stereocenters. The van der Waals surface area contributed by atoms with E-state index in [1.807, 2.05) is 30.3 Å². The van der Waals surface area contributed by atoms with E-state index in [-0.39, 0.29) is 11.8 Å². The summed E-state index contributed by atoms with van der Waals surface area (Å²) < 4.78 is 0. The maximum atomic E-state index is 14.4. The zero-order chi connectivity index (χ0) is 27.7. The van der Waals surface area contributed by atoms with Crippen molar-refractivity contribution in [2.45, 2.75) is 31.7 Å². The van der Waals surface area contributed by atoms with E-state index >= 15 is 0 Å². The van der Waals surface area contributed by atoms with Crippen molar-refractivity contribution < 1.29 is 9.59 Å². The standard InChI is InChI=1S/C31H26Cl2N4O2/c1-3-20(14-26-13-10-22-6-4-5-7-28(22)35-26)18-31(23-11-8-21(19-34)9-12-23)29(38)37(30(39)36(31)2)27-16-24(32)15-25(33)17-27/h4-13,15-17,20H,3,14,18H2,1-2H3/t20?,31-/m1/s1. The van der Waals surface area contributed by atoms with Crippen LogP contribution in [0, 0.1) is 17.2 Å². The minimum Gasteiger partial charge on any atom is -0.308 e. The van der Waals surface area contributed by atoms with Crippen LogP contribution >= 0.6 is 23.2 Å². The molecule has 0 radical (unpaired) electrons. The topological polar surface area (TPSA) is 77.3 Å². The Labute approximate surface area is 237 Å². The Morgan fingerprint density at radius 2 is 1.67 bits per heavy atom. The second-order valence-corrected chi connectivity index (χ2v) is 10.7. The van der Waals surface area contributed by atoms with Crippen LogP contribution in [0.4, 0.5) is 10.5 Å². The number of nitrogens with zero attached hydrogens (tertiary/aromatic N) is 4. The lowest BCUT2D eigenvalue weighted by atomic mass is 9.77. The Balaban J connectivity index is 1.58.